The van der Waals surface area contributed by atoms with Gasteiger partial charge in [-0.3, -0.25) is 4.79 Å². The monoisotopic (exact) mass is 411 g/mol. The fourth-order valence-corrected chi connectivity index (χ4v) is 3.90. The second-order valence-corrected chi connectivity index (χ2v) is 7.73. The minimum Gasteiger partial charge on any atom is -0.337 e. The van der Waals surface area contributed by atoms with Gasteiger partial charge in [-0.1, -0.05) is 64.5 Å². The van der Waals surface area contributed by atoms with E-state index in [1.54, 1.807) is 0 Å². The number of nitrogens with zero attached hydrogens (tertiary/aromatic N) is 1. The molecule has 1 fully saturated rings. The molecule has 134 valence electrons. The van der Waals surface area contributed by atoms with Crippen molar-refractivity contribution >= 4 is 27.4 Å². The smallest absolute Gasteiger partial charge is 0.241 e. The quantitative estimate of drug-likeness (QED) is 0.809. The number of nitrogens with one attached hydrogen (secondary N) is 2. The molecule has 5 heteroatoms. The normalized spacial score (nSPS) is 23.0. The van der Waals surface area contributed by atoms with Crippen LogP contribution in [0, 0.1) is 0 Å². The predicted octanol–water partition coefficient (Wildman–Crippen LogP) is 3.67. The van der Waals surface area contributed by atoms with Gasteiger partial charge in [-0.25, -0.2) is 10.9 Å². The average Bonchev–Trinajstić information content (AvgIpc) is 3.19. The van der Waals surface area contributed by atoms with E-state index in [-0.39, 0.29) is 18.0 Å². The topological polar surface area (TPSA) is 44.4 Å². The molecule has 0 saturated carbocycles. The highest BCUT2D eigenvalue weighted by molar-refractivity contribution is 9.10. The number of benzene rings is 2. The van der Waals surface area contributed by atoms with Gasteiger partial charge in [0.2, 0.25) is 5.91 Å². The van der Waals surface area contributed by atoms with Crippen LogP contribution >= 0.6 is 15.9 Å². The Morgan fingerprint density at radius 2 is 1.81 bits per heavy atom. The van der Waals surface area contributed by atoms with E-state index in [1.807, 2.05) is 23.1 Å². The Kier molecular flexibility index (Phi) is 5.20. The molecule has 2 N–H and O–H groups in total. The lowest BCUT2D eigenvalue weighted by Crippen LogP contribution is -2.46. The number of amides is 1. The molecule has 0 aromatic heterocycles. The average molecular weight is 412 g/mol. The molecule has 4 rings (SSSR count). The second-order valence-electron chi connectivity index (χ2n) is 6.81. The fraction of sp³-hybridized carbons (Fsp3) is 0.286. The van der Waals surface area contributed by atoms with Gasteiger partial charge < -0.3 is 4.90 Å². The third kappa shape index (κ3) is 3.75. The molecule has 2 atom stereocenters. The Bertz CT molecular complexity index is 804. The minimum absolute atomic E-state index is 0.164. The number of hydrogen-bond acceptors (Lipinski definition) is 3. The van der Waals surface area contributed by atoms with E-state index in [0.717, 1.165) is 23.9 Å². The zero-order valence-corrected chi connectivity index (χ0v) is 16.1. The highest BCUT2D eigenvalue weighted by Crippen LogP contribution is 2.26. The van der Waals surface area contributed by atoms with Crippen molar-refractivity contribution in [2.24, 2.45) is 0 Å². The molecular formula is C21H22BrN3O. The van der Waals surface area contributed by atoms with Crippen molar-refractivity contribution in [3.8, 4) is 0 Å². The Hall–Kier alpha value is -1.95. The van der Waals surface area contributed by atoms with Gasteiger partial charge in [0, 0.05) is 23.6 Å². The zero-order valence-electron chi connectivity index (χ0n) is 14.5. The van der Waals surface area contributed by atoms with Crippen LogP contribution in [0.15, 0.2) is 65.1 Å². The van der Waals surface area contributed by atoms with Crippen LogP contribution in [0.2, 0.25) is 0 Å². The van der Waals surface area contributed by atoms with Gasteiger partial charge in [0.25, 0.3) is 0 Å². The fourth-order valence-electron chi connectivity index (χ4n) is 3.64. The third-order valence-electron chi connectivity index (χ3n) is 5.14. The third-order valence-corrected chi connectivity index (χ3v) is 5.67. The SMILES string of the molecule is O=C(C1CC(c2ccc(Br)cc2)NN1)N1CC=C(c2ccccc2)CC1. The van der Waals surface area contributed by atoms with E-state index >= 15 is 0 Å². The predicted molar refractivity (Wildman–Crippen MR) is 107 cm³/mol. The Labute approximate surface area is 162 Å². The van der Waals surface area contributed by atoms with E-state index in [0.29, 0.717) is 6.54 Å². The molecule has 26 heavy (non-hydrogen) atoms. The first-order valence-corrected chi connectivity index (χ1v) is 9.80. The highest BCUT2D eigenvalue weighted by atomic mass is 79.9. The van der Waals surface area contributed by atoms with Gasteiger partial charge in [-0.15, -0.1) is 0 Å². The van der Waals surface area contributed by atoms with Gasteiger partial charge in [0.15, 0.2) is 0 Å². The number of hydrogen-bond donors (Lipinski definition) is 2. The molecule has 2 aliphatic rings. The molecule has 2 heterocycles. The highest BCUT2D eigenvalue weighted by Gasteiger charge is 2.33. The summed E-state index contributed by atoms with van der Waals surface area (Å²) < 4.78 is 1.06. The molecule has 2 aromatic rings. The van der Waals surface area contributed by atoms with Crippen molar-refractivity contribution < 1.29 is 4.79 Å². The lowest BCUT2D eigenvalue weighted by molar-refractivity contribution is -0.132. The van der Waals surface area contributed by atoms with Crippen molar-refractivity contribution in [2.45, 2.75) is 24.9 Å². The van der Waals surface area contributed by atoms with Crippen molar-refractivity contribution in [2.75, 3.05) is 13.1 Å². The molecule has 4 nitrogen and oxygen atoms in total. The maximum absolute atomic E-state index is 12.9. The summed E-state index contributed by atoms with van der Waals surface area (Å²) in [4.78, 5) is 14.8. The zero-order chi connectivity index (χ0) is 17.9. The van der Waals surface area contributed by atoms with Crippen LogP contribution in [0.4, 0.5) is 0 Å². The molecule has 2 aromatic carbocycles. The van der Waals surface area contributed by atoms with Crippen molar-refractivity contribution in [1.82, 2.24) is 15.8 Å². The summed E-state index contributed by atoms with van der Waals surface area (Å²) in [5.74, 6) is 0.181. The van der Waals surface area contributed by atoms with Crippen LogP contribution in [0.1, 0.15) is 30.0 Å². The first-order valence-electron chi connectivity index (χ1n) is 9.00. The van der Waals surface area contributed by atoms with Crippen LogP contribution < -0.4 is 10.9 Å². The molecule has 0 radical (unpaired) electrons. The summed E-state index contributed by atoms with van der Waals surface area (Å²) in [6.07, 6.45) is 3.86. The van der Waals surface area contributed by atoms with Gasteiger partial charge in [-0.2, -0.15) is 0 Å². The van der Waals surface area contributed by atoms with Gasteiger partial charge in [0.05, 0.1) is 0 Å². The number of hydrazine groups is 1. The summed E-state index contributed by atoms with van der Waals surface area (Å²) in [7, 11) is 0. The lowest BCUT2D eigenvalue weighted by Gasteiger charge is -2.28. The lowest BCUT2D eigenvalue weighted by atomic mass is 9.98. The molecule has 0 spiro atoms. The summed E-state index contributed by atoms with van der Waals surface area (Å²) in [5.41, 5.74) is 10.2. The summed E-state index contributed by atoms with van der Waals surface area (Å²) in [6.45, 7) is 1.46. The number of carbonyl (C=O) groups excluding carboxylic acids is 1. The molecule has 2 aliphatic heterocycles. The van der Waals surface area contributed by atoms with E-state index in [4.69, 9.17) is 0 Å². The van der Waals surface area contributed by atoms with Crippen LogP contribution in [0.25, 0.3) is 5.57 Å². The summed E-state index contributed by atoms with van der Waals surface area (Å²) >= 11 is 3.46. The molecule has 0 aliphatic carbocycles. The maximum atomic E-state index is 12.9. The first kappa shape index (κ1) is 17.5. The van der Waals surface area contributed by atoms with E-state index in [1.165, 1.54) is 16.7 Å². The van der Waals surface area contributed by atoms with Crippen LogP contribution in [0.3, 0.4) is 0 Å². The van der Waals surface area contributed by atoms with Crippen LogP contribution in [0.5, 0.6) is 0 Å². The standard InChI is InChI=1S/C21H22BrN3O/c22-18-8-6-17(7-9-18)19-14-20(24-23-19)21(26)25-12-10-16(11-13-25)15-4-2-1-3-5-15/h1-10,19-20,23-24H,11-14H2. The molecular weight excluding hydrogens is 390 g/mol. The van der Waals surface area contributed by atoms with E-state index in [9.17, 15) is 4.79 Å². The van der Waals surface area contributed by atoms with Crippen molar-refractivity contribution in [3.05, 3.63) is 76.3 Å². The second kappa shape index (κ2) is 7.74. The summed E-state index contributed by atoms with van der Waals surface area (Å²) in [5, 5.41) is 0. The van der Waals surface area contributed by atoms with Crippen LogP contribution in [-0.2, 0) is 4.79 Å². The van der Waals surface area contributed by atoms with Crippen molar-refractivity contribution in [3.63, 3.8) is 0 Å². The number of rotatable bonds is 3. The van der Waals surface area contributed by atoms with Gasteiger partial charge in [-0.05, 0) is 41.7 Å². The summed E-state index contributed by atoms with van der Waals surface area (Å²) in [6, 6.07) is 18.7. The number of halogens is 1. The van der Waals surface area contributed by atoms with E-state index in [2.05, 4.69) is 69.3 Å². The Morgan fingerprint density at radius 3 is 2.50 bits per heavy atom. The molecule has 2 unspecified atom stereocenters. The van der Waals surface area contributed by atoms with Crippen LogP contribution in [-0.4, -0.2) is 29.9 Å². The Morgan fingerprint density at radius 1 is 1.04 bits per heavy atom. The van der Waals surface area contributed by atoms with E-state index < -0.39 is 0 Å². The van der Waals surface area contributed by atoms with Gasteiger partial charge in [0.1, 0.15) is 6.04 Å². The van der Waals surface area contributed by atoms with Crippen molar-refractivity contribution in [1.29, 1.82) is 0 Å². The minimum atomic E-state index is -0.171. The Balaban J connectivity index is 1.37. The molecule has 1 amide bonds. The maximum Gasteiger partial charge on any atom is 0.241 e. The molecule has 1 saturated heterocycles. The first-order chi connectivity index (χ1) is 12.7. The largest absolute Gasteiger partial charge is 0.337 e. The van der Waals surface area contributed by atoms with Gasteiger partial charge >= 0.3 is 0 Å². The molecule has 0 bridgehead atoms. The number of carbonyl (C=O) groups is 1.